The van der Waals surface area contributed by atoms with E-state index in [1.807, 2.05) is 13.8 Å². The number of nitrogens with zero attached hydrogens (tertiary/aromatic N) is 1. The molecular formula is C12H23NO3. The lowest BCUT2D eigenvalue weighted by Gasteiger charge is -2.35. The predicted molar refractivity (Wildman–Crippen MR) is 62.1 cm³/mol. The Kier molecular flexibility index (Phi) is 4.74. The van der Waals surface area contributed by atoms with Gasteiger partial charge in [0.25, 0.3) is 0 Å². The summed E-state index contributed by atoms with van der Waals surface area (Å²) < 4.78 is 4.74. The lowest BCUT2D eigenvalue weighted by Crippen LogP contribution is -2.45. The number of ether oxygens (including phenoxy) is 1. The fourth-order valence-electron chi connectivity index (χ4n) is 2.09. The molecule has 0 aromatic rings. The molecule has 1 heterocycles. The molecule has 1 rings (SSSR count). The highest BCUT2D eigenvalue weighted by atomic mass is 16.5. The number of hydrogen-bond acceptors (Lipinski definition) is 4. The van der Waals surface area contributed by atoms with E-state index in [9.17, 15) is 9.90 Å². The molecule has 0 amide bonds. The van der Waals surface area contributed by atoms with Crippen LogP contribution >= 0.6 is 0 Å². The molecule has 1 aliphatic heterocycles. The van der Waals surface area contributed by atoms with E-state index in [4.69, 9.17) is 4.74 Å². The van der Waals surface area contributed by atoms with Gasteiger partial charge in [0.15, 0.2) is 0 Å². The number of aliphatic hydroxyl groups is 1. The number of β-amino-alcohol motifs (C(OH)–C–C–N with tert-alkyl or cyclic N) is 1. The molecule has 0 aromatic heterocycles. The fourth-order valence-corrected chi connectivity index (χ4v) is 2.09. The van der Waals surface area contributed by atoms with Crippen molar-refractivity contribution in [3.8, 4) is 0 Å². The Morgan fingerprint density at radius 3 is 2.50 bits per heavy atom. The van der Waals surface area contributed by atoms with Gasteiger partial charge in [-0.05, 0) is 39.3 Å². The molecule has 0 aliphatic carbocycles. The van der Waals surface area contributed by atoms with Gasteiger partial charge in [0.05, 0.1) is 18.6 Å². The standard InChI is InChI=1S/C12H23NO3/c1-4-12(2,15)9-13-7-5-10(6-8-13)11(14)16-3/h10,15H,4-9H2,1-3H3. The maximum Gasteiger partial charge on any atom is 0.308 e. The van der Waals surface area contributed by atoms with Crippen LogP contribution in [0.5, 0.6) is 0 Å². The van der Waals surface area contributed by atoms with Crippen LogP contribution in [-0.2, 0) is 9.53 Å². The molecule has 4 nitrogen and oxygen atoms in total. The Labute approximate surface area is 97.6 Å². The summed E-state index contributed by atoms with van der Waals surface area (Å²) in [6.45, 7) is 6.28. The van der Waals surface area contributed by atoms with Crippen LogP contribution in [-0.4, -0.2) is 48.3 Å². The van der Waals surface area contributed by atoms with Crippen molar-refractivity contribution in [2.45, 2.75) is 38.7 Å². The van der Waals surface area contributed by atoms with Gasteiger partial charge in [-0.25, -0.2) is 0 Å². The van der Waals surface area contributed by atoms with E-state index in [-0.39, 0.29) is 11.9 Å². The molecule has 0 spiro atoms. The van der Waals surface area contributed by atoms with Gasteiger partial charge in [0, 0.05) is 6.54 Å². The quantitative estimate of drug-likeness (QED) is 0.732. The highest BCUT2D eigenvalue weighted by Gasteiger charge is 2.29. The summed E-state index contributed by atoms with van der Waals surface area (Å²) in [6, 6.07) is 0. The van der Waals surface area contributed by atoms with Crippen molar-refractivity contribution in [1.82, 2.24) is 4.90 Å². The average molecular weight is 229 g/mol. The molecule has 1 aliphatic rings. The number of carbonyl (C=O) groups excluding carboxylic acids is 1. The average Bonchev–Trinajstić information content (AvgIpc) is 2.28. The highest BCUT2D eigenvalue weighted by molar-refractivity contribution is 5.72. The van der Waals surface area contributed by atoms with E-state index in [1.54, 1.807) is 0 Å². The first-order chi connectivity index (χ1) is 7.48. The lowest BCUT2D eigenvalue weighted by molar-refractivity contribution is -0.147. The number of carbonyl (C=O) groups is 1. The summed E-state index contributed by atoms with van der Waals surface area (Å²) >= 11 is 0. The third-order valence-electron chi connectivity index (χ3n) is 3.45. The summed E-state index contributed by atoms with van der Waals surface area (Å²) in [5.74, 6) is -0.0465. The Bertz CT molecular complexity index is 232. The molecule has 1 atom stereocenters. The van der Waals surface area contributed by atoms with Crippen LogP contribution in [0.1, 0.15) is 33.1 Å². The molecule has 1 saturated heterocycles. The van der Waals surface area contributed by atoms with Crippen molar-refractivity contribution in [2.75, 3.05) is 26.7 Å². The van der Waals surface area contributed by atoms with Crippen LogP contribution in [0.3, 0.4) is 0 Å². The number of methoxy groups -OCH3 is 1. The monoisotopic (exact) mass is 229 g/mol. The van der Waals surface area contributed by atoms with Crippen LogP contribution in [0.25, 0.3) is 0 Å². The van der Waals surface area contributed by atoms with Crippen molar-refractivity contribution in [3.63, 3.8) is 0 Å². The third kappa shape index (κ3) is 3.76. The van der Waals surface area contributed by atoms with E-state index in [2.05, 4.69) is 4.90 Å². The van der Waals surface area contributed by atoms with Crippen LogP contribution in [0, 0.1) is 5.92 Å². The second kappa shape index (κ2) is 5.64. The summed E-state index contributed by atoms with van der Waals surface area (Å²) in [6.07, 6.45) is 2.43. The Morgan fingerprint density at radius 1 is 1.50 bits per heavy atom. The number of esters is 1. The van der Waals surface area contributed by atoms with Crippen molar-refractivity contribution >= 4 is 5.97 Å². The number of piperidine rings is 1. The molecule has 0 saturated carbocycles. The second-order valence-electron chi connectivity index (χ2n) is 4.92. The Hall–Kier alpha value is -0.610. The summed E-state index contributed by atoms with van der Waals surface area (Å²) in [4.78, 5) is 13.5. The van der Waals surface area contributed by atoms with Crippen LogP contribution in [0.2, 0.25) is 0 Å². The number of likely N-dealkylation sites (tertiary alicyclic amines) is 1. The first kappa shape index (κ1) is 13.5. The molecule has 0 aromatic carbocycles. The van der Waals surface area contributed by atoms with Gasteiger partial charge in [-0.3, -0.25) is 4.79 Å². The largest absolute Gasteiger partial charge is 0.469 e. The molecule has 94 valence electrons. The van der Waals surface area contributed by atoms with Gasteiger partial charge in [-0.2, -0.15) is 0 Å². The molecule has 4 heteroatoms. The van der Waals surface area contributed by atoms with Crippen LogP contribution in [0.4, 0.5) is 0 Å². The number of hydrogen-bond donors (Lipinski definition) is 1. The zero-order chi connectivity index (χ0) is 12.2. The zero-order valence-corrected chi connectivity index (χ0v) is 10.5. The first-order valence-corrected chi connectivity index (χ1v) is 6.01. The van der Waals surface area contributed by atoms with E-state index in [1.165, 1.54) is 7.11 Å². The molecule has 0 bridgehead atoms. The van der Waals surface area contributed by atoms with Crippen molar-refractivity contribution < 1.29 is 14.6 Å². The molecule has 1 fully saturated rings. The summed E-state index contributed by atoms with van der Waals surface area (Å²) in [5.41, 5.74) is -0.613. The second-order valence-corrected chi connectivity index (χ2v) is 4.92. The topological polar surface area (TPSA) is 49.8 Å². The minimum absolute atomic E-state index is 0.0489. The number of rotatable bonds is 4. The van der Waals surface area contributed by atoms with E-state index in [0.717, 1.165) is 32.4 Å². The maximum absolute atomic E-state index is 11.3. The van der Waals surface area contributed by atoms with Gasteiger partial charge >= 0.3 is 5.97 Å². The third-order valence-corrected chi connectivity index (χ3v) is 3.45. The van der Waals surface area contributed by atoms with Gasteiger partial charge < -0.3 is 14.7 Å². The minimum atomic E-state index is -0.613. The van der Waals surface area contributed by atoms with E-state index in [0.29, 0.717) is 6.54 Å². The van der Waals surface area contributed by atoms with E-state index < -0.39 is 5.60 Å². The molecule has 16 heavy (non-hydrogen) atoms. The molecule has 1 N–H and O–H groups in total. The summed E-state index contributed by atoms with van der Waals surface area (Å²) in [5, 5.41) is 9.96. The molecule has 0 radical (unpaired) electrons. The van der Waals surface area contributed by atoms with Crippen molar-refractivity contribution in [3.05, 3.63) is 0 Å². The smallest absolute Gasteiger partial charge is 0.308 e. The highest BCUT2D eigenvalue weighted by Crippen LogP contribution is 2.21. The molecule has 1 unspecified atom stereocenters. The minimum Gasteiger partial charge on any atom is -0.469 e. The lowest BCUT2D eigenvalue weighted by atomic mass is 9.95. The maximum atomic E-state index is 11.3. The Balaban J connectivity index is 2.35. The predicted octanol–water partition coefficient (Wildman–Crippen LogP) is 1.03. The fraction of sp³-hybridized carbons (Fsp3) is 0.917. The van der Waals surface area contributed by atoms with Gasteiger partial charge in [-0.1, -0.05) is 6.92 Å². The van der Waals surface area contributed by atoms with Gasteiger partial charge in [0.1, 0.15) is 0 Å². The molecular weight excluding hydrogens is 206 g/mol. The van der Waals surface area contributed by atoms with Crippen molar-refractivity contribution in [1.29, 1.82) is 0 Å². The van der Waals surface area contributed by atoms with Gasteiger partial charge in [-0.15, -0.1) is 0 Å². The SMILES string of the molecule is CCC(C)(O)CN1CCC(C(=O)OC)CC1. The first-order valence-electron chi connectivity index (χ1n) is 6.01. The van der Waals surface area contributed by atoms with Crippen LogP contribution in [0.15, 0.2) is 0 Å². The summed E-state index contributed by atoms with van der Waals surface area (Å²) in [7, 11) is 1.44. The Morgan fingerprint density at radius 2 is 2.06 bits per heavy atom. The zero-order valence-electron chi connectivity index (χ0n) is 10.5. The van der Waals surface area contributed by atoms with Crippen molar-refractivity contribution in [2.24, 2.45) is 5.92 Å². The van der Waals surface area contributed by atoms with Crippen LogP contribution < -0.4 is 0 Å². The van der Waals surface area contributed by atoms with E-state index >= 15 is 0 Å². The normalized spacial score (nSPS) is 22.8. The van der Waals surface area contributed by atoms with Gasteiger partial charge in [0.2, 0.25) is 0 Å².